The number of hydrogen-bond donors (Lipinski definition) is 1. The number of anilines is 2. The van der Waals surface area contributed by atoms with E-state index in [2.05, 4.69) is 25.4 Å². The zero-order chi connectivity index (χ0) is 19.2. The van der Waals surface area contributed by atoms with Crippen LogP contribution in [-0.2, 0) is 16.0 Å². The third kappa shape index (κ3) is 4.52. The van der Waals surface area contributed by atoms with Gasteiger partial charge in [-0.2, -0.15) is 0 Å². The molecule has 3 aromatic rings. The molecule has 0 radical (unpaired) electrons. The van der Waals surface area contributed by atoms with Crippen LogP contribution < -0.4 is 10.2 Å². The molecule has 1 aliphatic rings. The van der Waals surface area contributed by atoms with Gasteiger partial charge in [-0.15, -0.1) is 10.2 Å². The molecular formula is C20H21N5O3. The molecule has 0 unspecified atom stereocenters. The number of benzene rings is 1. The highest BCUT2D eigenvalue weighted by Gasteiger charge is 2.13. The van der Waals surface area contributed by atoms with Crippen molar-refractivity contribution in [2.45, 2.75) is 12.8 Å². The fourth-order valence-corrected chi connectivity index (χ4v) is 2.95. The summed E-state index contributed by atoms with van der Waals surface area (Å²) in [6.07, 6.45) is 2.38. The number of aromatic nitrogens is 3. The highest BCUT2D eigenvalue weighted by Crippen LogP contribution is 2.18. The summed E-state index contributed by atoms with van der Waals surface area (Å²) >= 11 is 0. The summed E-state index contributed by atoms with van der Waals surface area (Å²) in [5.74, 6) is 1.27. The molecule has 1 N–H and O–H groups in total. The predicted octanol–water partition coefficient (Wildman–Crippen LogP) is 2.54. The molecule has 4 rings (SSSR count). The SMILES string of the molecule is O=C(CCc1nnc(-c2ccccc2)o1)Nc1ccc(N2CCOCC2)cn1. The number of rotatable bonds is 6. The van der Waals surface area contributed by atoms with Crippen LogP contribution in [0.1, 0.15) is 12.3 Å². The number of aryl methyl sites for hydroxylation is 1. The molecule has 0 atom stereocenters. The van der Waals surface area contributed by atoms with Crippen LogP contribution in [0.4, 0.5) is 11.5 Å². The fraction of sp³-hybridized carbons (Fsp3) is 0.300. The minimum atomic E-state index is -0.147. The van der Waals surface area contributed by atoms with Crippen LogP contribution in [0.5, 0.6) is 0 Å². The average molecular weight is 379 g/mol. The molecule has 0 spiro atoms. The van der Waals surface area contributed by atoms with Crippen molar-refractivity contribution >= 4 is 17.4 Å². The molecule has 1 aliphatic heterocycles. The molecule has 0 saturated carbocycles. The van der Waals surface area contributed by atoms with Gasteiger partial charge in [-0.3, -0.25) is 4.79 Å². The van der Waals surface area contributed by atoms with Crippen molar-refractivity contribution in [3.05, 3.63) is 54.6 Å². The zero-order valence-corrected chi connectivity index (χ0v) is 15.4. The number of amides is 1. The molecule has 1 amide bonds. The monoisotopic (exact) mass is 379 g/mol. The van der Waals surface area contributed by atoms with Gasteiger partial charge in [0.15, 0.2) is 0 Å². The first kappa shape index (κ1) is 18.1. The van der Waals surface area contributed by atoms with Gasteiger partial charge < -0.3 is 19.4 Å². The van der Waals surface area contributed by atoms with Crippen LogP contribution in [-0.4, -0.2) is 47.4 Å². The Kier molecular flexibility index (Phi) is 5.58. The Balaban J connectivity index is 1.28. The molecule has 2 aromatic heterocycles. The second kappa shape index (κ2) is 8.62. The van der Waals surface area contributed by atoms with E-state index in [-0.39, 0.29) is 12.3 Å². The van der Waals surface area contributed by atoms with Gasteiger partial charge in [-0.25, -0.2) is 4.98 Å². The summed E-state index contributed by atoms with van der Waals surface area (Å²) in [6.45, 7) is 3.14. The minimum absolute atomic E-state index is 0.147. The van der Waals surface area contributed by atoms with Crippen molar-refractivity contribution in [2.75, 3.05) is 36.5 Å². The number of hydrogen-bond acceptors (Lipinski definition) is 7. The Bertz CT molecular complexity index is 905. The molecule has 8 nitrogen and oxygen atoms in total. The maximum absolute atomic E-state index is 12.2. The van der Waals surface area contributed by atoms with Crippen molar-refractivity contribution in [3.63, 3.8) is 0 Å². The molecular weight excluding hydrogens is 358 g/mol. The maximum Gasteiger partial charge on any atom is 0.247 e. The lowest BCUT2D eigenvalue weighted by atomic mass is 10.2. The first-order valence-corrected chi connectivity index (χ1v) is 9.24. The largest absolute Gasteiger partial charge is 0.421 e. The van der Waals surface area contributed by atoms with Gasteiger partial charge in [0, 0.05) is 31.5 Å². The highest BCUT2D eigenvalue weighted by molar-refractivity contribution is 5.89. The summed E-state index contributed by atoms with van der Waals surface area (Å²) in [5.41, 5.74) is 1.89. The van der Waals surface area contributed by atoms with E-state index in [4.69, 9.17) is 9.15 Å². The number of carbonyl (C=O) groups is 1. The lowest BCUT2D eigenvalue weighted by molar-refractivity contribution is -0.116. The number of ether oxygens (including phenoxy) is 1. The normalized spacial score (nSPS) is 14.1. The third-order valence-electron chi connectivity index (χ3n) is 4.45. The van der Waals surface area contributed by atoms with E-state index in [1.807, 2.05) is 42.5 Å². The van der Waals surface area contributed by atoms with Crippen molar-refractivity contribution in [1.82, 2.24) is 15.2 Å². The van der Waals surface area contributed by atoms with Gasteiger partial charge >= 0.3 is 0 Å². The summed E-state index contributed by atoms with van der Waals surface area (Å²) in [4.78, 5) is 18.7. The van der Waals surface area contributed by atoms with Gasteiger partial charge in [0.25, 0.3) is 0 Å². The zero-order valence-electron chi connectivity index (χ0n) is 15.4. The Morgan fingerprint density at radius 3 is 2.64 bits per heavy atom. The van der Waals surface area contributed by atoms with Gasteiger partial charge in [0.2, 0.25) is 17.7 Å². The minimum Gasteiger partial charge on any atom is -0.421 e. The van der Waals surface area contributed by atoms with E-state index >= 15 is 0 Å². The van der Waals surface area contributed by atoms with Crippen LogP contribution in [0.15, 0.2) is 53.1 Å². The van der Waals surface area contributed by atoms with Gasteiger partial charge in [-0.1, -0.05) is 18.2 Å². The summed E-state index contributed by atoms with van der Waals surface area (Å²) < 4.78 is 11.0. The second-order valence-electron chi connectivity index (χ2n) is 6.42. The number of nitrogens with one attached hydrogen (secondary N) is 1. The summed E-state index contributed by atoms with van der Waals surface area (Å²) in [7, 11) is 0. The van der Waals surface area contributed by atoms with Gasteiger partial charge in [0.05, 0.1) is 25.1 Å². The molecule has 144 valence electrons. The number of morpholine rings is 1. The summed E-state index contributed by atoms with van der Waals surface area (Å²) in [5, 5.41) is 10.8. The molecule has 0 aliphatic carbocycles. The quantitative estimate of drug-likeness (QED) is 0.703. The van der Waals surface area contributed by atoms with Gasteiger partial charge in [-0.05, 0) is 24.3 Å². The average Bonchev–Trinajstić information content (AvgIpc) is 3.23. The molecule has 3 heterocycles. The van der Waals surface area contributed by atoms with Crippen molar-refractivity contribution in [2.24, 2.45) is 0 Å². The number of carbonyl (C=O) groups excluding carboxylic acids is 1. The highest BCUT2D eigenvalue weighted by atomic mass is 16.5. The van der Waals surface area contributed by atoms with E-state index in [1.54, 1.807) is 6.20 Å². The third-order valence-corrected chi connectivity index (χ3v) is 4.45. The smallest absolute Gasteiger partial charge is 0.247 e. The molecule has 28 heavy (non-hydrogen) atoms. The van der Waals surface area contributed by atoms with E-state index in [0.717, 1.165) is 37.6 Å². The lowest BCUT2D eigenvalue weighted by Crippen LogP contribution is -2.36. The van der Waals surface area contributed by atoms with Crippen LogP contribution in [0.25, 0.3) is 11.5 Å². The van der Waals surface area contributed by atoms with Crippen LogP contribution in [0, 0.1) is 0 Å². The Morgan fingerprint density at radius 2 is 1.89 bits per heavy atom. The summed E-state index contributed by atoms with van der Waals surface area (Å²) in [6, 6.07) is 13.3. The number of nitrogens with zero attached hydrogens (tertiary/aromatic N) is 4. The molecule has 1 saturated heterocycles. The van der Waals surface area contributed by atoms with Crippen LogP contribution in [0.3, 0.4) is 0 Å². The van der Waals surface area contributed by atoms with E-state index in [0.29, 0.717) is 24.0 Å². The van der Waals surface area contributed by atoms with Crippen molar-refractivity contribution < 1.29 is 13.9 Å². The molecule has 0 bridgehead atoms. The standard InChI is InChI=1S/C20H21N5O3/c26-18(8-9-19-23-24-20(28-19)15-4-2-1-3-5-15)22-17-7-6-16(14-21-17)25-10-12-27-13-11-25/h1-7,14H,8-13H2,(H,21,22,26). The molecule has 1 aromatic carbocycles. The van der Waals surface area contributed by atoms with Crippen molar-refractivity contribution in [3.8, 4) is 11.5 Å². The van der Waals surface area contributed by atoms with Crippen LogP contribution >= 0.6 is 0 Å². The van der Waals surface area contributed by atoms with Gasteiger partial charge in [0.1, 0.15) is 5.82 Å². The molecule has 8 heteroatoms. The maximum atomic E-state index is 12.2. The van der Waals surface area contributed by atoms with E-state index in [9.17, 15) is 4.79 Å². The topological polar surface area (TPSA) is 93.4 Å². The van der Waals surface area contributed by atoms with E-state index in [1.165, 1.54) is 0 Å². The lowest BCUT2D eigenvalue weighted by Gasteiger charge is -2.28. The number of pyridine rings is 1. The Labute approximate surface area is 162 Å². The Hall–Kier alpha value is -3.26. The van der Waals surface area contributed by atoms with Crippen molar-refractivity contribution in [1.29, 1.82) is 0 Å². The predicted molar refractivity (Wildman–Crippen MR) is 104 cm³/mol. The fourth-order valence-electron chi connectivity index (χ4n) is 2.95. The van der Waals surface area contributed by atoms with E-state index < -0.39 is 0 Å². The van der Waals surface area contributed by atoms with Crippen LogP contribution in [0.2, 0.25) is 0 Å². The second-order valence-corrected chi connectivity index (χ2v) is 6.42. The Morgan fingerprint density at radius 1 is 1.07 bits per heavy atom. The first-order chi connectivity index (χ1) is 13.8. The molecule has 1 fully saturated rings. The first-order valence-electron chi connectivity index (χ1n) is 9.24.